The molecule has 0 saturated carbocycles. The molecule has 1 amide bonds. The number of carbonyl (C=O) groups excluding carboxylic acids is 1. The standard InChI is InChI=1S/C18H23N3O3/c1-20(2)14-7-8-19-17(11-14)18(22)21(12-15-5-3-9-23-15)13-16-6-4-10-24-16/h3,5,7-9,11,16H,4,6,10,12-13H2,1-2H3/t16-/m1/s1. The topological polar surface area (TPSA) is 58.8 Å². The van der Waals surface area contributed by atoms with Crippen molar-refractivity contribution in [2.75, 3.05) is 32.1 Å². The molecular formula is C18H23N3O3. The van der Waals surface area contributed by atoms with Crippen LogP contribution in [0.5, 0.6) is 0 Å². The van der Waals surface area contributed by atoms with Crippen molar-refractivity contribution >= 4 is 11.6 Å². The van der Waals surface area contributed by atoms with Gasteiger partial charge in [-0.25, -0.2) is 0 Å². The monoisotopic (exact) mass is 329 g/mol. The summed E-state index contributed by atoms with van der Waals surface area (Å²) >= 11 is 0. The Kier molecular flexibility index (Phi) is 5.15. The Hall–Kier alpha value is -2.34. The van der Waals surface area contributed by atoms with Gasteiger partial charge in [0.1, 0.15) is 11.5 Å². The number of aromatic nitrogens is 1. The molecule has 2 aromatic rings. The van der Waals surface area contributed by atoms with Crippen LogP contribution in [-0.2, 0) is 11.3 Å². The highest BCUT2D eigenvalue weighted by Crippen LogP contribution is 2.18. The van der Waals surface area contributed by atoms with Crippen LogP contribution in [0.25, 0.3) is 0 Å². The Bertz CT molecular complexity index is 664. The van der Waals surface area contributed by atoms with E-state index in [1.165, 1.54) is 0 Å². The molecule has 0 aromatic carbocycles. The first-order valence-electron chi connectivity index (χ1n) is 8.20. The summed E-state index contributed by atoms with van der Waals surface area (Å²) in [5, 5.41) is 0. The predicted molar refractivity (Wildman–Crippen MR) is 91.0 cm³/mol. The summed E-state index contributed by atoms with van der Waals surface area (Å²) in [6.07, 6.45) is 5.39. The number of amides is 1. The molecule has 1 aliphatic rings. The minimum Gasteiger partial charge on any atom is -0.467 e. The molecule has 3 rings (SSSR count). The van der Waals surface area contributed by atoms with Crippen molar-refractivity contribution in [3.05, 3.63) is 48.2 Å². The first kappa shape index (κ1) is 16.5. The maximum absolute atomic E-state index is 13.0. The minimum atomic E-state index is -0.106. The van der Waals surface area contributed by atoms with E-state index in [0.29, 0.717) is 18.8 Å². The van der Waals surface area contributed by atoms with E-state index >= 15 is 0 Å². The molecule has 0 bridgehead atoms. The number of anilines is 1. The summed E-state index contributed by atoms with van der Waals surface area (Å²) in [7, 11) is 3.88. The second kappa shape index (κ2) is 7.49. The van der Waals surface area contributed by atoms with Gasteiger partial charge >= 0.3 is 0 Å². The van der Waals surface area contributed by atoms with Crippen molar-refractivity contribution in [1.82, 2.24) is 9.88 Å². The number of carbonyl (C=O) groups is 1. The highest BCUT2D eigenvalue weighted by atomic mass is 16.5. The van der Waals surface area contributed by atoms with Crippen LogP contribution in [0.15, 0.2) is 41.1 Å². The number of nitrogens with zero attached hydrogens (tertiary/aromatic N) is 3. The summed E-state index contributed by atoms with van der Waals surface area (Å²) in [5.41, 5.74) is 1.38. The molecular weight excluding hydrogens is 306 g/mol. The first-order valence-corrected chi connectivity index (χ1v) is 8.20. The van der Waals surface area contributed by atoms with E-state index in [4.69, 9.17) is 9.15 Å². The number of furan rings is 1. The van der Waals surface area contributed by atoms with Gasteiger partial charge in [0.2, 0.25) is 0 Å². The molecule has 1 aliphatic heterocycles. The Labute approximate surface area is 142 Å². The number of rotatable bonds is 6. The Balaban J connectivity index is 1.80. The molecule has 1 fully saturated rings. The van der Waals surface area contributed by atoms with E-state index in [0.717, 1.165) is 30.9 Å². The predicted octanol–water partition coefficient (Wildman–Crippen LogP) is 2.56. The molecule has 1 saturated heterocycles. The average molecular weight is 329 g/mol. The van der Waals surface area contributed by atoms with Crippen LogP contribution < -0.4 is 4.90 Å². The largest absolute Gasteiger partial charge is 0.467 e. The summed E-state index contributed by atoms with van der Waals surface area (Å²) in [4.78, 5) is 21.0. The van der Waals surface area contributed by atoms with E-state index in [1.54, 1.807) is 17.4 Å². The Morgan fingerprint density at radius 2 is 2.25 bits per heavy atom. The molecule has 1 atom stereocenters. The van der Waals surface area contributed by atoms with Gasteiger partial charge in [0.15, 0.2) is 0 Å². The third-order valence-electron chi connectivity index (χ3n) is 4.14. The first-order chi connectivity index (χ1) is 11.6. The van der Waals surface area contributed by atoms with Crippen LogP contribution >= 0.6 is 0 Å². The van der Waals surface area contributed by atoms with E-state index < -0.39 is 0 Å². The summed E-state index contributed by atoms with van der Waals surface area (Å²) in [5.74, 6) is 0.649. The van der Waals surface area contributed by atoms with Gasteiger partial charge in [-0.2, -0.15) is 0 Å². The molecule has 0 aliphatic carbocycles. The van der Waals surface area contributed by atoms with Crippen LogP contribution in [0.2, 0.25) is 0 Å². The van der Waals surface area contributed by atoms with E-state index in [9.17, 15) is 4.79 Å². The van der Waals surface area contributed by atoms with Gasteiger partial charge in [0.05, 0.1) is 18.9 Å². The molecule has 24 heavy (non-hydrogen) atoms. The van der Waals surface area contributed by atoms with Gasteiger partial charge in [-0.05, 0) is 37.1 Å². The SMILES string of the molecule is CN(C)c1ccnc(C(=O)N(Cc2ccco2)C[C@H]2CCCO2)c1. The van der Waals surface area contributed by atoms with Gasteiger partial charge in [-0.15, -0.1) is 0 Å². The lowest BCUT2D eigenvalue weighted by atomic mass is 10.2. The van der Waals surface area contributed by atoms with E-state index in [-0.39, 0.29) is 12.0 Å². The molecule has 0 radical (unpaired) electrons. The van der Waals surface area contributed by atoms with Crippen molar-refractivity contribution in [2.24, 2.45) is 0 Å². The van der Waals surface area contributed by atoms with Gasteiger partial charge < -0.3 is 19.0 Å². The zero-order chi connectivity index (χ0) is 16.9. The zero-order valence-corrected chi connectivity index (χ0v) is 14.1. The fourth-order valence-electron chi connectivity index (χ4n) is 2.82. The van der Waals surface area contributed by atoms with Gasteiger partial charge in [-0.3, -0.25) is 9.78 Å². The third-order valence-corrected chi connectivity index (χ3v) is 4.14. The second-order valence-electron chi connectivity index (χ2n) is 6.19. The maximum atomic E-state index is 13.0. The van der Waals surface area contributed by atoms with Gasteiger partial charge in [-0.1, -0.05) is 0 Å². The quantitative estimate of drug-likeness (QED) is 0.815. The van der Waals surface area contributed by atoms with E-state index in [1.807, 2.05) is 43.3 Å². The lowest BCUT2D eigenvalue weighted by Gasteiger charge is -2.24. The van der Waals surface area contributed by atoms with Gasteiger partial charge in [0.25, 0.3) is 5.91 Å². The molecule has 6 heteroatoms. The summed E-state index contributed by atoms with van der Waals surface area (Å²) in [6.45, 7) is 1.73. The van der Waals surface area contributed by atoms with Gasteiger partial charge in [0, 0.05) is 39.1 Å². The second-order valence-corrected chi connectivity index (χ2v) is 6.19. The Morgan fingerprint density at radius 3 is 2.92 bits per heavy atom. The fraction of sp³-hybridized carbons (Fsp3) is 0.444. The van der Waals surface area contributed by atoms with Crippen molar-refractivity contribution in [3.63, 3.8) is 0 Å². The highest BCUT2D eigenvalue weighted by Gasteiger charge is 2.25. The van der Waals surface area contributed by atoms with Crippen molar-refractivity contribution < 1.29 is 13.9 Å². The fourth-order valence-corrected chi connectivity index (χ4v) is 2.82. The molecule has 0 spiro atoms. The van der Waals surface area contributed by atoms with Crippen LogP contribution in [0.1, 0.15) is 29.1 Å². The van der Waals surface area contributed by atoms with Crippen molar-refractivity contribution in [2.45, 2.75) is 25.5 Å². The Morgan fingerprint density at radius 1 is 1.38 bits per heavy atom. The van der Waals surface area contributed by atoms with Crippen LogP contribution in [-0.4, -0.2) is 49.1 Å². The summed E-state index contributed by atoms with van der Waals surface area (Å²) < 4.78 is 11.1. The molecule has 0 unspecified atom stereocenters. The smallest absolute Gasteiger partial charge is 0.273 e. The molecule has 0 N–H and O–H groups in total. The normalized spacial score (nSPS) is 17.0. The van der Waals surface area contributed by atoms with E-state index in [2.05, 4.69) is 4.98 Å². The number of hydrogen-bond donors (Lipinski definition) is 0. The lowest BCUT2D eigenvalue weighted by Crippen LogP contribution is -2.37. The average Bonchev–Trinajstić information content (AvgIpc) is 3.27. The summed E-state index contributed by atoms with van der Waals surface area (Å²) in [6, 6.07) is 7.40. The molecule has 2 aromatic heterocycles. The van der Waals surface area contributed by atoms with Crippen LogP contribution in [0, 0.1) is 0 Å². The van der Waals surface area contributed by atoms with Crippen LogP contribution in [0.4, 0.5) is 5.69 Å². The number of pyridine rings is 1. The lowest BCUT2D eigenvalue weighted by molar-refractivity contribution is 0.0487. The number of hydrogen-bond acceptors (Lipinski definition) is 5. The molecule has 128 valence electrons. The zero-order valence-electron chi connectivity index (χ0n) is 14.1. The van der Waals surface area contributed by atoms with Crippen LogP contribution in [0.3, 0.4) is 0 Å². The van der Waals surface area contributed by atoms with Crippen molar-refractivity contribution in [3.8, 4) is 0 Å². The maximum Gasteiger partial charge on any atom is 0.273 e. The number of ether oxygens (including phenoxy) is 1. The molecule has 6 nitrogen and oxygen atoms in total. The molecule has 3 heterocycles. The highest BCUT2D eigenvalue weighted by molar-refractivity contribution is 5.93. The minimum absolute atomic E-state index is 0.0842. The van der Waals surface area contributed by atoms with Crippen molar-refractivity contribution in [1.29, 1.82) is 0 Å². The third kappa shape index (κ3) is 3.94.